The molecule has 132 valence electrons. The molecule has 0 saturated heterocycles. The molecule has 3 aromatic carbocycles. The van der Waals surface area contributed by atoms with Gasteiger partial charge in [0.1, 0.15) is 23.1 Å². The van der Waals surface area contributed by atoms with E-state index in [1.54, 1.807) is 30.3 Å². The van der Waals surface area contributed by atoms with E-state index in [1.165, 1.54) is 29.2 Å². The number of halogens is 1. The van der Waals surface area contributed by atoms with Crippen molar-refractivity contribution in [1.29, 1.82) is 0 Å². The predicted molar refractivity (Wildman–Crippen MR) is 103 cm³/mol. The molecular weight excluding hydrogens is 343 g/mol. The van der Waals surface area contributed by atoms with Gasteiger partial charge in [-0.25, -0.2) is 9.38 Å². The minimum absolute atomic E-state index is 0.116. The molecule has 27 heavy (non-hydrogen) atoms. The van der Waals surface area contributed by atoms with Crippen LogP contribution in [0.2, 0.25) is 0 Å². The van der Waals surface area contributed by atoms with Gasteiger partial charge < -0.3 is 5.11 Å². The van der Waals surface area contributed by atoms with Crippen molar-refractivity contribution in [2.24, 2.45) is 4.99 Å². The van der Waals surface area contributed by atoms with Crippen molar-refractivity contribution in [3.63, 3.8) is 0 Å². The van der Waals surface area contributed by atoms with Crippen LogP contribution < -0.4 is 4.90 Å². The third kappa shape index (κ3) is 3.35. The van der Waals surface area contributed by atoms with Crippen molar-refractivity contribution < 1.29 is 14.3 Å². The number of amides is 1. The maximum absolute atomic E-state index is 13.1. The number of phenolic OH excluding ortho intramolecular Hbond substituents is 1. The van der Waals surface area contributed by atoms with Crippen molar-refractivity contribution in [3.05, 3.63) is 102 Å². The van der Waals surface area contributed by atoms with E-state index in [1.807, 2.05) is 30.3 Å². The summed E-state index contributed by atoms with van der Waals surface area (Å²) < 4.78 is 13.1. The van der Waals surface area contributed by atoms with Crippen LogP contribution in [-0.2, 0) is 4.79 Å². The number of hydrogen-bond donors (Lipinski definition) is 1. The maximum atomic E-state index is 13.1. The lowest BCUT2D eigenvalue weighted by Gasteiger charge is -2.18. The Bertz CT molecular complexity index is 1040. The molecule has 0 radical (unpaired) electrons. The highest BCUT2D eigenvalue weighted by Gasteiger charge is 2.32. The van der Waals surface area contributed by atoms with Crippen LogP contribution in [-0.4, -0.2) is 16.8 Å². The first-order valence-corrected chi connectivity index (χ1v) is 8.37. The Hall–Kier alpha value is -3.73. The quantitative estimate of drug-likeness (QED) is 0.707. The first kappa shape index (κ1) is 16.7. The Morgan fingerprint density at radius 3 is 2.22 bits per heavy atom. The maximum Gasteiger partial charge on any atom is 0.282 e. The smallest absolute Gasteiger partial charge is 0.282 e. The van der Waals surface area contributed by atoms with Gasteiger partial charge in [-0.05, 0) is 48.0 Å². The van der Waals surface area contributed by atoms with E-state index < -0.39 is 0 Å². The van der Waals surface area contributed by atoms with Crippen molar-refractivity contribution in [2.45, 2.75) is 0 Å². The van der Waals surface area contributed by atoms with Crippen molar-refractivity contribution >= 4 is 23.5 Å². The number of phenols is 1. The molecule has 5 heteroatoms. The molecular formula is C22H15FN2O2. The fourth-order valence-electron chi connectivity index (χ4n) is 2.86. The Labute approximate surface area is 155 Å². The fourth-order valence-corrected chi connectivity index (χ4v) is 2.86. The molecule has 4 nitrogen and oxygen atoms in total. The summed E-state index contributed by atoms with van der Waals surface area (Å²) in [5, 5.41) is 9.54. The average molecular weight is 358 g/mol. The molecule has 0 bridgehead atoms. The number of nitrogens with zero attached hydrogens (tertiary/aromatic N) is 2. The van der Waals surface area contributed by atoms with Crippen LogP contribution in [0.15, 0.2) is 89.6 Å². The van der Waals surface area contributed by atoms with Crippen LogP contribution in [0.1, 0.15) is 11.1 Å². The summed E-state index contributed by atoms with van der Waals surface area (Å²) in [7, 11) is 0. The van der Waals surface area contributed by atoms with Gasteiger partial charge >= 0.3 is 0 Å². The normalized spacial score (nSPS) is 15.3. The molecule has 1 aliphatic rings. The lowest BCUT2D eigenvalue weighted by molar-refractivity contribution is -0.113. The van der Waals surface area contributed by atoms with E-state index in [4.69, 9.17) is 0 Å². The summed E-state index contributed by atoms with van der Waals surface area (Å²) in [5.74, 6) is -0.0108. The molecule has 1 amide bonds. The van der Waals surface area contributed by atoms with Crippen LogP contribution in [0.4, 0.5) is 10.1 Å². The number of aliphatic imine (C=N–C) groups is 1. The second-order valence-electron chi connectivity index (χ2n) is 6.04. The van der Waals surface area contributed by atoms with Crippen LogP contribution in [0.3, 0.4) is 0 Å². The zero-order valence-electron chi connectivity index (χ0n) is 14.2. The molecule has 3 aromatic rings. The number of hydrogen-bond acceptors (Lipinski definition) is 3. The Balaban J connectivity index is 1.80. The van der Waals surface area contributed by atoms with Crippen molar-refractivity contribution in [2.75, 3.05) is 4.90 Å². The van der Waals surface area contributed by atoms with Crippen LogP contribution in [0.5, 0.6) is 5.75 Å². The van der Waals surface area contributed by atoms with Gasteiger partial charge in [-0.2, -0.15) is 0 Å². The molecule has 0 spiro atoms. The van der Waals surface area contributed by atoms with E-state index in [-0.39, 0.29) is 23.2 Å². The zero-order chi connectivity index (χ0) is 18.8. The van der Waals surface area contributed by atoms with Gasteiger partial charge in [0.25, 0.3) is 5.91 Å². The van der Waals surface area contributed by atoms with Crippen LogP contribution in [0.25, 0.3) is 6.08 Å². The Kier molecular flexibility index (Phi) is 4.26. The van der Waals surface area contributed by atoms with Gasteiger partial charge in [-0.15, -0.1) is 0 Å². The lowest BCUT2D eigenvalue weighted by atomic mass is 10.1. The third-order valence-electron chi connectivity index (χ3n) is 4.17. The molecule has 1 heterocycles. The van der Waals surface area contributed by atoms with Gasteiger partial charge in [0.2, 0.25) is 0 Å². The zero-order valence-corrected chi connectivity index (χ0v) is 14.2. The average Bonchev–Trinajstić information content (AvgIpc) is 3.01. The number of benzene rings is 3. The molecule has 4 rings (SSSR count). The summed E-state index contributed by atoms with van der Waals surface area (Å²) in [6.45, 7) is 0. The molecule has 0 aromatic heterocycles. The first-order valence-electron chi connectivity index (χ1n) is 8.37. The second-order valence-corrected chi connectivity index (χ2v) is 6.04. The van der Waals surface area contributed by atoms with E-state index in [0.29, 0.717) is 17.1 Å². The third-order valence-corrected chi connectivity index (χ3v) is 4.17. The summed E-state index contributed by atoms with van der Waals surface area (Å²) in [6, 6.07) is 21.6. The molecule has 0 fully saturated rings. The number of aromatic hydroxyl groups is 1. The SMILES string of the molecule is O=C1/C(=C\c2ccc(F)cc2)N=C(c2ccccc2)N1c1ccc(O)cc1. The number of rotatable bonds is 3. The largest absolute Gasteiger partial charge is 0.508 e. The summed E-state index contributed by atoms with van der Waals surface area (Å²) in [4.78, 5) is 19.1. The molecule has 0 aliphatic carbocycles. The molecule has 1 N–H and O–H groups in total. The topological polar surface area (TPSA) is 52.9 Å². The predicted octanol–water partition coefficient (Wildman–Crippen LogP) is 4.37. The van der Waals surface area contributed by atoms with Gasteiger partial charge in [-0.1, -0.05) is 42.5 Å². The highest BCUT2D eigenvalue weighted by Crippen LogP contribution is 2.29. The van der Waals surface area contributed by atoms with Gasteiger partial charge in [0.05, 0.1) is 5.69 Å². The molecule has 0 unspecified atom stereocenters. The minimum Gasteiger partial charge on any atom is -0.508 e. The van der Waals surface area contributed by atoms with Crippen molar-refractivity contribution in [1.82, 2.24) is 0 Å². The van der Waals surface area contributed by atoms with E-state index >= 15 is 0 Å². The molecule has 0 saturated carbocycles. The van der Waals surface area contributed by atoms with E-state index in [9.17, 15) is 14.3 Å². The number of carbonyl (C=O) groups excluding carboxylic acids is 1. The van der Waals surface area contributed by atoms with E-state index in [2.05, 4.69) is 4.99 Å². The van der Waals surface area contributed by atoms with Crippen molar-refractivity contribution in [3.8, 4) is 5.75 Å². The van der Waals surface area contributed by atoms with E-state index in [0.717, 1.165) is 5.56 Å². The Morgan fingerprint density at radius 2 is 1.56 bits per heavy atom. The number of amidine groups is 1. The summed E-state index contributed by atoms with van der Waals surface area (Å²) in [6.07, 6.45) is 1.63. The first-order chi connectivity index (χ1) is 13.1. The number of anilines is 1. The second kappa shape index (κ2) is 6.88. The summed E-state index contributed by atoms with van der Waals surface area (Å²) >= 11 is 0. The molecule has 1 aliphatic heterocycles. The highest BCUT2D eigenvalue weighted by atomic mass is 19.1. The fraction of sp³-hybridized carbons (Fsp3) is 0. The van der Waals surface area contributed by atoms with Gasteiger partial charge in [0, 0.05) is 5.56 Å². The van der Waals surface area contributed by atoms with Gasteiger partial charge in [-0.3, -0.25) is 9.69 Å². The standard InChI is InChI=1S/C22H15FN2O2/c23-17-8-6-15(7-9-17)14-20-22(27)25(18-10-12-19(26)13-11-18)21(24-20)16-4-2-1-3-5-16/h1-14,26H/b20-14+. The van der Waals surface area contributed by atoms with Crippen LogP contribution >= 0.6 is 0 Å². The van der Waals surface area contributed by atoms with Crippen LogP contribution in [0, 0.1) is 5.82 Å². The lowest BCUT2D eigenvalue weighted by Crippen LogP contribution is -2.32. The summed E-state index contributed by atoms with van der Waals surface area (Å²) in [5.41, 5.74) is 2.33. The van der Waals surface area contributed by atoms with Gasteiger partial charge in [0.15, 0.2) is 0 Å². The Morgan fingerprint density at radius 1 is 0.889 bits per heavy atom. The number of carbonyl (C=O) groups is 1. The minimum atomic E-state index is -0.339. The molecule has 0 atom stereocenters. The monoisotopic (exact) mass is 358 g/mol. The highest BCUT2D eigenvalue weighted by molar-refractivity contribution is 6.33.